The number of nitrogens with one attached hydrogen (secondary N) is 1. The van der Waals surface area contributed by atoms with E-state index in [1.54, 1.807) is 12.1 Å². The summed E-state index contributed by atoms with van der Waals surface area (Å²) in [4.78, 5) is 17.1. The Morgan fingerprint density at radius 1 is 1.24 bits per heavy atom. The highest BCUT2D eigenvalue weighted by molar-refractivity contribution is 7.22. The molecule has 0 unspecified atom stereocenters. The fourth-order valence-corrected chi connectivity index (χ4v) is 3.69. The first-order valence-electron chi connectivity index (χ1n) is 8.49. The third-order valence-electron chi connectivity index (χ3n) is 3.91. The molecule has 0 aliphatic heterocycles. The third-order valence-corrected chi connectivity index (χ3v) is 4.83. The summed E-state index contributed by atoms with van der Waals surface area (Å²) in [5.74, 6) is 0.547. The number of aryl methyl sites for hydroxylation is 2. The second-order valence-electron chi connectivity index (χ2n) is 6.13. The van der Waals surface area contributed by atoms with Crippen molar-refractivity contribution in [2.24, 2.45) is 0 Å². The van der Waals surface area contributed by atoms with Gasteiger partial charge in [0.2, 0.25) is 0 Å². The van der Waals surface area contributed by atoms with Crippen LogP contribution in [0, 0.1) is 13.8 Å². The van der Waals surface area contributed by atoms with E-state index in [0.29, 0.717) is 17.3 Å². The predicted octanol–water partition coefficient (Wildman–Crippen LogP) is 5.34. The predicted molar refractivity (Wildman–Crippen MR) is 104 cm³/mol. The van der Waals surface area contributed by atoms with E-state index >= 15 is 0 Å². The Morgan fingerprint density at radius 3 is 2.88 bits per heavy atom. The van der Waals surface area contributed by atoms with Gasteiger partial charge in [-0.25, -0.2) is 4.98 Å². The fraction of sp³-hybridized carbons (Fsp3) is 0.300. The summed E-state index contributed by atoms with van der Waals surface area (Å²) in [6.45, 7) is 6.89. The minimum atomic E-state index is -0.172. The molecule has 1 N–H and O–H groups in total. The number of carbonyl (C=O) groups is 1. The molecular formula is C20H22N2O2S. The Bertz CT molecular complexity index is 902. The van der Waals surface area contributed by atoms with Gasteiger partial charge in [0.1, 0.15) is 5.75 Å². The van der Waals surface area contributed by atoms with E-state index in [9.17, 15) is 4.79 Å². The topological polar surface area (TPSA) is 51.2 Å². The Balaban J connectivity index is 1.76. The van der Waals surface area contributed by atoms with Crippen LogP contribution in [0.25, 0.3) is 10.2 Å². The van der Waals surface area contributed by atoms with E-state index < -0.39 is 0 Å². The number of ether oxygens (including phenoxy) is 1. The molecule has 1 aromatic heterocycles. The smallest absolute Gasteiger partial charge is 0.257 e. The number of fused-ring (bicyclic) bond motifs is 1. The van der Waals surface area contributed by atoms with Gasteiger partial charge in [-0.05, 0) is 55.7 Å². The van der Waals surface area contributed by atoms with Gasteiger partial charge < -0.3 is 4.74 Å². The first kappa shape index (κ1) is 17.4. The summed E-state index contributed by atoms with van der Waals surface area (Å²) in [5, 5.41) is 3.52. The molecule has 0 fully saturated rings. The van der Waals surface area contributed by atoms with Crippen LogP contribution < -0.4 is 10.1 Å². The molecule has 0 bridgehead atoms. The van der Waals surface area contributed by atoms with Crippen molar-refractivity contribution in [3.8, 4) is 5.75 Å². The maximum absolute atomic E-state index is 12.5. The number of hydrogen-bond donors (Lipinski definition) is 1. The van der Waals surface area contributed by atoms with Crippen LogP contribution in [0.15, 0.2) is 36.4 Å². The number of carbonyl (C=O) groups excluding carboxylic acids is 1. The molecule has 1 heterocycles. The van der Waals surface area contributed by atoms with Gasteiger partial charge in [0.25, 0.3) is 5.91 Å². The molecule has 5 heteroatoms. The molecule has 25 heavy (non-hydrogen) atoms. The maximum Gasteiger partial charge on any atom is 0.257 e. The lowest BCUT2D eigenvalue weighted by atomic mass is 10.1. The van der Waals surface area contributed by atoms with Crippen molar-refractivity contribution in [2.45, 2.75) is 33.6 Å². The lowest BCUT2D eigenvalue weighted by molar-refractivity contribution is 0.102. The number of rotatable bonds is 6. The summed E-state index contributed by atoms with van der Waals surface area (Å²) in [7, 11) is 0. The van der Waals surface area contributed by atoms with Crippen LogP contribution in [0.3, 0.4) is 0 Å². The molecule has 0 aliphatic rings. The highest BCUT2D eigenvalue weighted by atomic mass is 32.1. The summed E-state index contributed by atoms with van der Waals surface area (Å²) in [5.41, 5.74) is 3.84. The molecule has 0 saturated heterocycles. The van der Waals surface area contributed by atoms with Crippen molar-refractivity contribution < 1.29 is 9.53 Å². The average Bonchev–Trinajstić information content (AvgIpc) is 2.98. The van der Waals surface area contributed by atoms with Gasteiger partial charge in [0.15, 0.2) is 5.13 Å². The molecule has 2 aromatic carbocycles. The van der Waals surface area contributed by atoms with Crippen LogP contribution in [0.2, 0.25) is 0 Å². The van der Waals surface area contributed by atoms with Gasteiger partial charge in [-0.1, -0.05) is 36.8 Å². The van der Waals surface area contributed by atoms with Crippen LogP contribution in [0.4, 0.5) is 5.13 Å². The third kappa shape index (κ3) is 4.17. The summed E-state index contributed by atoms with van der Waals surface area (Å²) in [6, 6.07) is 11.5. The highest BCUT2D eigenvalue weighted by Crippen LogP contribution is 2.29. The number of nitrogens with zero attached hydrogens (tertiary/aromatic N) is 1. The van der Waals surface area contributed by atoms with Crippen LogP contribution in [-0.2, 0) is 0 Å². The van der Waals surface area contributed by atoms with E-state index in [-0.39, 0.29) is 5.91 Å². The molecule has 0 aliphatic carbocycles. The molecule has 130 valence electrons. The van der Waals surface area contributed by atoms with Crippen molar-refractivity contribution in [1.82, 2.24) is 4.98 Å². The summed E-state index contributed by atoms with van der Waals surface area (Å²) >= 11 is 1.50. The summed E-state index contributed by atoms with van der Waals surface area (Å²) in [6.07, 6.45) is 2.08. The van der Waals surface area contributed by atoms with Crippen LogP contribution in [0.5, 0.6) is 5.75 Å². The largest absolute Gasteiger partial charge is 0.494 e. The highest BCUT2D eigenvalue weighted by Gasteiger charge is 2.12. The normalized spacial score (nSPS) is 10.8. The van der Waals surface area contributed by atoms with Gasteiger partial charge in [-0.15, -0.1) is 0 Å². The minimum Gasteiger partial charge on any atom is -0.494 e. The fourth-order valence-electron chi connectivity index (χ4n) is 2.65. The zero-order valence-corrected chi connectivity index (χ0v) is 15.6. The van der Waals surface area contributed by atoms with E-state index in [0.717, 1.165) is 34.4 Å². The van der Waals surface area contributed by atoms with Gasteiger partial charge in [-0.3, -0.25) is 10.1 Å². The molecule has 0 atom stereocenters. The maximum atomic E-state index is 12.5. The monoisotopic (exact) mass is 354 g/mol. The number of aromatic nitrogens is 1. The van der Waals surface area contributed by atoms with E-state index in [2.05, 4.69) is 36.3 Å². The minimum absolute atomic E-state index is 0.172. The zero-order valence-electron chi connectivity index (χ0n) is 14.8. The van der Waals surface area contributed by atoms with Gasteiger partial charge in [0.05, 0.1) is 16.8 Å². The molecule has 0 spiro atoms. The Kier molecular flexibility index (Phi) is 5.34. The van der Waals surface area contributed by atoms with E-state index in [1.165, 1.54) is 16.9 Å². The number of benzene rings is 2. The number of anilines is 1. The van der Waals surface area contributed by atoms with E-state index in [1.807, 2.05) is 19.1 Å². The van der Waals surface area contributed by atoms with Crippen molar-refractivity contribution in [1.29, 1.82) is 0 Å². The Morgan fingerprint density at radius 2 is 2.08 bits per heavy atom. The average molecular weight is 354 g/mol. The van der Waals surface area contributed by atoms with E-state index in [4.69, 9.17) is 4.74 Å². The molecule has 0 saturated carbocycles. The number of unbranched alkanes of at least 4 members (excludes halogenated alkanes) is 1. The zero-order chi connectivity index (χ0) is 17.8. The molecule has 3 rings (SSSR count). The van der Waals surface area contributed by atoms with Crippen LogP contribution in [0.1, 0.15) is 41.3 Å². The second-order valence-corrected chi connectivity index (χ2v) is 7.16. The number of amides is 1. The molecule has 1 amide bonds. The first-order chi connectivity index (χ1) is 12.1. The summed E-state index contributed by atoms with van der Waals surface area (Å²) < 4.78 is 6.76. The second kappa shape index (κ2) is 7.66. The molecule has 0 radical (unpaired) electrons. The van der Waals surface area contributed by atoms with Crippen LogP contribution in [-0.4, -0.2) is 17.5 Å². The van der Waals surface area contributed by atoms with Crippen molar-refractivity contribution in [3.63, 3.8) is 0 Å². The van der Waals surface area contributed by atoms with Gasteiger partial charge >= 0.3 is 0 Å². The lowest BCUT2D eigenvalue weighted by Crippen LogP contribution is -2.11. The van der Waals surface area contributed by atoms with Gasteiger partial charge in [-0.2, -0.15) is 0 Å². The van der Waals surface area contributed by atoms with Crippen LogP contribution >= 0.6 is 11.3 Å². The Hall–Kier alpha value is -2.40. The quantitative estimate of drug-likeness (QED) is 0.608. The van der Waals surface area contributed by atoms with Crippen molar-refractivity contribution in [2.75, 3.05) is 11.9 Å². The van der Waals surface area contributed by atoms with Crippen molar-refractivity contribution >= 4 is 32.6 Å². The molecular weight excluding hydrogens is 332 g/mol. The Labute approximate surface area is 151 Å². The SMILES string of the molecule is CCCCOc1cccc(C(=O)Nc2nc3c(C)cc(C)cc3s2)c1. The first-order valence-corrected chi connectivity index (χ1v) is 9.30. The molecule has 4 nitrogen and oxygen atoms in total. The van der Waals surface area contributed by atoms with Gasteiger partial charge in [0, 0.05) is 5.56 Å². The lowest BCUT2D eigenvalue weighted by Gasteiger charge is -2.07. The molecule has 3 aromatic rings. The number of hydrogen-bond acceptors (Lipinski definition) is 4. The number of thiazole rings is 1. The standard InChI is InChI=1S/C20H22N2O2S/c1-4-5-9-24-16-8-6-7-15(12-16)19(23)22-20-21-18-14(3)10-13(2)11-17(18)25-20/h6-8,10-12H,4-5,9H2,1-3H3,(H,21,22,23). The van der Waals surface area contributed by atoms with Crippen molar-refractivity contribution in [3.05, 3.63) is 53.1 Å².